The lowest BCUT2D eigenvalue weighted by atomic mass is 10.1. The number of ether oxygens (including phenoxy) is 1. The van der Waals surface area contributed by atoms with Crippen LogP contribution < -0.4 is 5.32 Å². The van der Waals surface area contributed by atoms with Crippen LogP contribution in [0, 0.1) is 0 Å². The van der Waals surface area contributed by atoms with E-state index in [2.05, 4.69) is 10.1 Å². The maximum atomic E-state index is 12.8. The Morgan fingerprint density at radius 2 is 1.92 bits per heavy atom. The van der Waals surface area contributed by atoms with Gasteiger partial charge in [0.25, 0.3) is 5.91 Å². The van der Waals surface area contributed by atoms with Crippen molar-refractivity contribution in [3.05, 3.63) is 39.0 Å². The summed E-state index contributed by atoms with van der Waals surface area (Å²) in [5.41, 5.74) is -1.50. The lowest BCUT2D eigenvalue weighted by Crippen LogP contribution is -2.31. The minimum atomic E-state index is -4.65. The third kappa shape index (κ3) is 4.05. The first kappa shape index (κ1) is 20.3. The zero-order valence-corrected chi connectivity index (χ0v) is 14.8. The molecule has 2 rings (SSSR count). The molecule has 0 saturated heterocycles. The number of methoxy groups -OCH3 is 1. The second-order valence-corrected chi connectivity index (χ2v) is 6.05. The maximum absolute atomic E-state index is 12.8. The lowest BCUT2D eigenvalue weighted by molar-refractivity contribution is -0.138. The van der Waals surface area contributed by atoms with Crippen molar-refractivity contribution >= 4 is 40.8 Å². The molecule has 2 N–H and O–H groups in total. The van der Waals surface area contributed by atoms with Gasteiger partial charge in [0.15, 0.2) is 0 Å². The summed E-state index contributed by atoms with van der Waals surface area (Å²) in [4.78, 5) is 25.5. The predicted octanol–water partition coefficient (Wildman–Crippen LogP) is 2.69. The molecule has 1 aromatic rings. The number of amides is 1. The number of β-amino-alcohol motifs (C(OH)–C–C–N with tert-alkyl or cyclic N) is 1. The van der Waals surface area contributed by atoms with Gasteiger partial charge in [-0.1, -0.05) is 23.2 Å². The van der Waals surface area contributed by atoms with E-state index in [0.717, 1.165) is 7.11 Å². The highest BCUT2D eigenvalue weighted by molar-refractivity contribution is 6.39. The number of alkyl halides is 3. The first-order valence-corrected chi connectivity index (χ1v) is 7.90. The van der Waals surface area contributed by atoms with Crippen LogP contribution in [0.2, 0.25) is 10.0 Å². The highest BCUT2D eigenvalue weighted by atomic mass is 35.5. The van der Waals surface area contributed by atoms with E-state index in [1.54, 1.807) is 0 Å². The molecule has 0 spiro atoms. The molecule has 1 aliphatic heterocycles. The van der Waals surface area contributed by atoms with Gasteiger partial charge in [-0.3, -0.25) is 4.79 Å². The van der Waals surface area contributed by atoms with Gasteiger partial charge in [0.2, 0.25) is 0 Å². The van der Waals surface area contributed by atoms with Crippen LogP contribution in [0.15, 0.2) is 23.4 Å². The van der Waals surface area contributed by atoms with Crippen molar-refractivity contribution in [1.29, 1.82) is 0 Å². The van der Waals surface area contributed by atoms with Crippen LogP contribution in [0.5, 0.6) is 0 Å². The number of carbonyl (C=O) groups is 2. The smallest absolute Gasteiger partial charge is 0.416 e. The van der Waals surface area contributed by atoms with E-state index in [1.807, 2.05) is 0 Å². The topological polar surface area (TPSA) is 78.9 Å². The molecule has 0 saturated carbocycles. The fourth-order valence-electron chi connectivity index (χ4n) is 2.33. The number of anilines is 1. The minimum Gasteiger partial charge on any atom is -0.466 e. The molecule has 0 bridgehead atoms. The second kappa shape index (κ2) is 7.73. The molecule has 142 valence electrons. The van der Waals surface area contributed by atoms with E-state index in [-0.39, 0.29) is 46.7 Å². The van der Waals surface area contributed by atoms with Gasteiger partial charge in [0.1, 0.15) is 5.70 Å². The SMILES string of the molecule is COC(=O)C1=C(Nc2c(Cl)cc(C(F)(F)F)cc2Cl)C(=O)N(CCO)C1. The Balaban J connectivity index is 2.44. The molecule has 26 heavy (non-hydrogen) atoms. The molecule has 0 aliphatic carbocycles. The molecular formula is C15H13Cl2F3N2O4. The van der Waals surface area contributed by atoms with E-state index in [9.17, 15) is 22.8 Å². The van der Waals surface area contributed by atoms with Crippen LogP contribution in [0.3, 0.4) is 0 Å². The molecule has 0 aromatic heterocycles. The van der Waals surface area contributed by atoms with Gasteiger partial charge in [-0.25, -0.2) is 4.79 Å². The molecule has 0 fully saturated rings. The van der Waals surface area contributed by atoms with Crippen LogP contribution in [-0.4, -0.2) is 48.7 Å². The van der Waals surface area contributed by atoms with Crippen LogP contribution in [0.1, 0.15) is 5.56 Å². The molecule has 0 atom stereocenters. The number of aliphatic hydroxyl groups is 1. The number of hydrogen-bond donors (Lipinski definition) is 2. The first-order valence-electron chi connectivity index (χ1n) is 7.15. The first-order chi connectivity index (χ1) is 12.1. The molecule has 0 radical (unpaired) electrons. The number of nitrogens with one attached hydrogen (secondary N) is 1. The maximum Gasteiger partial charge on any atom is 0.416 e. The average Bonchev–Trinajstić information content (AvgIpc) is 2.86. The van der Waals surface area contributed by atoms with E-state index in [0.29, 0.717) is 12.1 Å². The summed E-state index contributed by atoms with van der Waals surface area (Å²) in [6.45, 7) is -0.515. The zero-order chi connectivity index (χ0) is 19.6. The summed E-state index contributed by atoms with van der Waals surface area (Å²) in [5, 5.41) is 10.8. The van der Waals surface area contributed by atoms with Crippen molar-refractivity contribution in [2.24, 2.45) is 0 Å². The molecule has 1 aromatic carbocycles. The Morgan fingerprint density at radius 3 is 2.38 bits per heavy atom. The summed E-state index contributed by atoms with van der Waals surface area (Å²) >= 11 is 11.7. The van der Waals surface area contributed by atoms with Crippen LogP contribution in [0.4, 0.5) is 18.9 Å². The van der Waals surface area contributed by atoms with E-state index in [1.165, 1.54) is 4.90 Å². The molecular weight excluding hydrogens is 400 g/mol. The van der Waals surface area contributed by atoms with Gasteiger partial charge >= 0.3 is 12.1 Å². The molecule has 0 unspecified atom stereocenters. The third-order valence-electron chi connectivity index (χ3n) is 3.57. The van der Waals surface area contributed by atoms with Crippen molar-refractivity contribution < 1.29 is 32.6 Å². The van der Waals surface area contributed by atoms with E-state index in [4.69, 9.17) is 28.3 Å². The van der Waals surface area contributed by atoms with Crippen LogP contribution >= 0.6 is 23.2 Å². The lowest BCUT2D eigenvalue weighted by Gasteiger charge is -2.16. The summed E-state index contributed by atoms with van der Waals surface area (Å²) in [6, 6.07) is 1.30. The molecule has 1 aliphatic rings. The Labute approximate surface area is 156 Å². The quantitative estimate of drug-likeness (QED) is 0.726. The predicted molar refractivity (Wildman–Crippen MR) is 87.8 cm³/mol. The van der Waals surface area contributed by atoms with Crippen molar-refractivity contribution in [2.75, 3.05) is 32.1 Å². The highest BCUT2D eigenvalue weighted by Gasteiger charge is 2.36. The Bertz CT molecular complexity index is 758. The zero-order valence-electron chi connectivity index (χ0n) is 13.3. The largest absolute Gasteiger partial charge is 0.466 e. The van der Waals surface area contributed by atoms with Crippen molar-refractivity contribution in [3.8, 4) is 0 Å². The van der Waals surface area contributed by atoms with Gasteiger partial charge in [-0.15, -0.1) is 0 Å². The second-order valence-electron chi connectivity index (χ2n) is 5.23. The molecule has 11 heteroatoms. The monoisotopic (exact) mass is 412 g/mol. The third-order valence-corrected chi connectivity index (χ3v) is 4.17. The number of benzene rings is 1. The minimum absolute atomic E-state index is 0.0427. The summed E-state index contributed by atoms with van der Waals surface area (Å²) in [5.74, 6) is -1.45. The van der Waals surface area contributed by atoms with Gasteiger partial charge in [-0.05, 0) is 12.1 Å². The normalized spacial score (nSPS) is 14.9. The number of carbonyl (C=O) groups excluding carboxylic acids is 2. The fourth-order valence-corrected chi connectivity index (χ4v) is 2.91. The Morgan fingerprint density at radius 1 is 1.35 bits per heavy atom. The number of esters is 1. The van der Waals surface area contributed by atoms with Crippen molar-refractivity contribution in [1.82, 2.24) is 4.90 Å². The highest BCUT2D eigenvalue weighted by Crippen LogP contribution is 2.39. The van der Waals surface area contributed by atoms with Crippen LogP contribution in [0.25, 0.3) is 0 Å². The van der Waals surface area contributed by atoms with Crippen molar-refractivity contribution in [3.63, 3.8) is 0 Å². The number of rotatable bonds is 5. The number of halogens is 5. The van der Waals surface area contributed by atoms with E-state index >= 15 is 0 Å². The summed E-state index contributed by atoms with van der Waals surface area (Å²) in [6.07, 6.45) is -4.65. The number of nitrogens with zero attached hydrogens (tertiary/aromatic N) is 1. The van der Waals surface area contributed by atoms with Gasteiger partial charge in [0.05, 0.1) is 47.1 Å². The Kier molecular flexibility index (Phi) is 6.05. The van der Waals surface area contributed by atoms with Crippen molar-refractivity contribution in [2.45, 2.75) is 6.18 Å². The molecule has 1 amide bonds. The standard InChI is InChI=1S/C15H13Cl2F3N2O4/c1-26-14(25)8-6-22(2-3-23)13(24)11(8)21-12-9(16)4-7(5-10(12)17)15(18,19)20/h4-5,21,23H,2-3,6H2,1H3. The van der Waals surface area contributed by atoms with Gasteiger partial charge in [-0.2, -0.15) is 13.2 Å². The average molecular weight is 413 g/mol. The number of aliphatic hydroxyl groups excluding tert-OH is 1. The van der Waals surface area contributed by atoms with E-state index < -0.39 is 23.6 Å². The van der Waals surface area contributed by atoms with Gasteiger partial charge < -0.3 is 20.1 Å². The number of hydrogen-bond acceptors (Lipinski definition) is 5. The Hall–Kier alpha value is -1.97. The van der Waals surface area contributed by atoms with Gasteiger partial charge in [0, 0.05) is 6.54 Å². The summed E-state index contributed by atoms with van der Waals surface area (Å²) in [7, 11) is 1.12. The molecule has 1 heterocycles. The molecule has 6 nitrogen and oxygen atoms in total. The fraction of sp³-hybridized carbons (Fsp3) is 0.333. The van der Waals surface area contributed by atoms with Crippen LogP contribution in [-0.2, 0) is 20.5 Å². The summed E-state index contributed by atoms with van der Waals surface area (Å²) < 4.78 is 43.0.